The number of methoxy groups -OCH3 is 1. The van der Waals surface area contributed by atoms with Gasteiger partial charge in [-0.25, -0.2) is 0 Å². The van der Waals surface area contributed by atoms with Crippen LogP contribution >= 0.6 is 0 Å². The van der Waals surface area contributed by atoms with E-state index < -0.39 is 0 Å². The monoisotopic (exact) mass is 207 g/mol. The van der Waals surface area contributed by atoms with Gasteiger partial charge in [0.2, 0.25) is 0 Å². The molecular weight excluding hydrogens is 190 g/mol. The Hall–Kier alpha value is -1.25. The topological polar surface area (TPSA) is 31.4 Å². The lowest BCUT2D eigenvalue weighted by atomic mass is 10.1. The van der Waals surface area contributed by atoms with Crippen LogP contribution in [0.5, 0.6) is 11.5 Å². The first-order valence-electron chi connectivity index (χ1n) is 5.41. The van der Waals surface area contributed by atoms with Crippen molar-refractivity contribution in [2.75, 3.05) is 7.11 Å². The van der Waals surface area contributed by atoms with E-state index in [0.29, 0.717) is 12.0 Å². The average molecular weight is 207 g/mol. The first-order valence-corrected chi connectivity index (χ1v) is 5.41. The van der Waals surface area contributed by atoms with Crippen LogP contribution in [0.4, 0.5) is 0 Å². The van der Waals surface area contributed by atoms with Crippen LogP contribution in [0.2, 0.25) is 0 Å². The molecule has 0 radical (unpaired) electrons. The number of ether oxygens (including phenoxy) is 2. The molecule has 3 heteroatoms. The van der Waals surface area contributed by atoms with Crippen molar-refractivity contribution in [1.29, 1.82) is 0 Å². The normalized spacial score (nSPS) is 15.5. The van der Waals surface area contributed by atoms with Crippen LogP contribution in [0.1, 0.15) is 38.3 Å². The van der Waals surface area contributed by atoms with E-state index in [4.69, 9.17) is 9.47 Å². The summed E-state index contributed by atoms with van der Waals surface area (Å²) < 4.78 is 11.0. The highest BCUT2D eigenvalue weighted by Crippen LogP contribution is 2.31. The van der Waals surface area contributed by atoms with Crippen molar-refractivity contribution in [3.63, 3.8) is 0 Å². The second-order valence-electron chi connectivity index (χ2n) is 4.23. The van der Waals surface area contributed by atoms with Crippen molar-refractivity contribution in [3.05, 3.63) is 18.0 Å². The van der Waals surface area contributed by atoms with E-state index in [1.165, 1.54) is 0 Å². The second-order valence-corrected chi connectivity index (χ2v) is 4.23. The lowest BCUT2D eigenvalue weighted by molar-refractivity contribution is 0.298. The van der Waals surface area contributed by atoms with Crippen molar-refractivity contribution in [1.82, 2.24) is 4.98 Å². The van der Waals surface area contributed by atoms with Gasteiger partial charge in [0.25, 0.3) is 0 Å². The molecule has 0 spiro atoms. The second kappa shape index (κ2) is 4.09. The third-order valence-corrected chi connectivity index (χ3v) is 2.45. The molecule has 0 unspecified atom stereocenters. The third kappa shape index (κ3) is 2.41. The molecule has 0 saturated heterocycles. The van der Waals surface area contributed by atoms with E-state index in [2.05, 4.69) is 18.8 Å². The Morgan fingerprint density at radius 1 is 1.40 bits per heavy atom. The maximum Gasteiger partial charge on any atom is 0.144 e. The molecule has 0 N–H and O–H groups in total. The largest absolute Gasteiger partial charge is 0.495 e. The van der Waals surface area contributed by atoms with E-state index in [-0.39, 0.29) is 0 Å². The highest BCUT2D eigenvalue weighted by atomic mass is 16.5. The molecule has 1 fully saturated rings. The van der Waals surface area contributed by atoms with Crippen LogP contribution in [-0.4, -0.2) is 18.2 Å². The van der Waals surface area contributed by atoms with Gasteiger partial charge in [0.15, 0.2) is 0 Å². The summed E-state index contributed by atoms with van der Waals surface area (Å²) in [5.41, 5.74) is 0.987. The van der Waals surface area contributed by atoms with Gasteiger partial charge in [-0.3, -0.25) is 4.98 Å². The minimum Gasteiger partial charge on any atom is -0.495 e. The number of hydrogen-bond donors (Lipinski definition) is 0. The number of nitrogens with zero attached hydrogens (tertiary/aromatic N) is 1. The van der Waals surface area contributed by atoms with E-state index in [9.17, 15) is 0 Å². The molecule has 2 rings (SSSR count). The SMILES string of the molecule is COc1cc(OC2CC2)cnc1C(C)C. The quantitative estimate of drug-likeness (QED) is 0.760. The third-order valence-electron chi connectivity index (χ3n) is 2.45. The Bertz CT molecular complexity index is 345. The number of pyridine rings is 1. The molecule has 1 aromatic rings. The Kier molecular flexibility index (Phi) is 2.80. The van der Waals surface area contributed by atoms with Crippen LogP contribution in [0.3, 0.4) is 0 Å². The number of rotatable bonds is 4. The highest BCUT2D eigenvalue weighted by Gasteiger charge is 2.24. The Labute approximate surface area is 90.4 Å². The van der Waals surface area contributed by atoms with Crippen LogP contribution in [0, 0.1) is 0 Å². The Morgan fingerprint density at radius 2 is 2.13 bits per heavy atom. The molecule has 0 aliphatic heterocycles. The van der Waals surface area contributed by atoms with Gasteiger partial charge in [-0.05, 0) is 18.8 Å². The molecule has 3 nitrogen and oxygen atoms in total. The molecule has 0 amide bonds. The summed E-state index contributed by atoms with van der Waals surface area (Å²) in [6.07, 6.45) is 4.51. The summed E-state index contributed by atoms with van der Waals surface area (Å²) >= 11 is 0. The van der Waals surface area contributed by atoms with Gasteiger partial charge in [-0.15, -0.1) is 0 Å². The summed E-state index contributed by atoms with van der Waals surface area (Å²) in [5.74, 6) is 2.01. The first kappa shape index (κ1) is 10.3. The van der Waals surface area contributed by atoms with E-state index >= 15 is 0 Å². The van der Waals surface area contributed by atoms with Crippen molar-refractivity contribution in [2.24, 2.45) is 0 Å². The zero-order chi connectivity index (χ0) is 10.8. The van der Waals surface area contributed by atoms with Crippen LogP contribution in [0.15, 0.2) is 12.3 Å². The lowest BCUT2D eigenvalue weighted by Crippen LogP contribution is -2.01. The molecule has 15 heavy (non-hydrogen) atoms. The highest BCUT2D eigenvalue weighted by molar-refractivity contribution is 5.36. The fourth-order valence-corrected chi connectivity index (χ4v) is 1.48. The van der Waals surface area contributed by atoms with E-state index in [0.717, 1.165) is 30.0 Å². The van der Waals surface area contributed by atoms with Gasteiger partial charge in [-0.1, -0.05) is 13.8 Å². The summed E-state index contributed by atoms with van der Waals surface area (Å²) in [5, 5.41) is 0. The Balaban J connectivity index is 2.20. The summed E-state index contributed by atoms with van der Waals surface area (Å²) in [4.78, 5) is 4.38. The predicted molar refractivity (Wildman–Crippen MR) is 58.5 cm³/mol. The average Bonchev–Trinajstić information content (AvgIpc) is 3.01. The van der Waals surface area contributed by atoms with Gasteiger partial charge < -0.3 is 9.47 Å². The fourth-order valence-electron chi connectivity index (χ4n) is 1.48. The zero-order valence-electron chi connectivity index (χ0n) is 9.49. The molecule has 1 saturated carbocycles. The van der Waals surface area contributed by atoms with Crippen LogP contribution in [0.25, 0.3) is 0 Å². The summed E-state index contributed by atoms with van der Waals surface area (Å²) in [6.45, 7) is 4.21. The predicted octanol–water partition coefficient (Wildman–Crippen LogP) is 2.75. The molecule has 1 aliphatic rings. The minimum absolute atomic E-state index is 0.370. The number of hydrogen-bond acceptors (Lipinski definition) is 3. The van der Waals surface area contributed by atoms with Crippen molar-refractivity contribution in [2.45, 2.75) is 38.7 Å². The van der Waals surface area contributed by atoms with Gasteiger partial charge in [0, 0.05) is 6.07 Å². The molecule has 0 aromatic carbocycles. The maximum absolute atomic E-state index is 5.66. The van der Waals surface area contributed by atoms with Crippen LogP contribution in [-0.2, 0) is 0 Å². The standard InChI is InChI=1S/C12H17NO2/c1-8(2)12-11(14-3)6-10(7-13-12)15-9-4-5-9/h6-9H,4-5H2,1-3H3. The van der Waals surface area contributed by atoms with Gasteiger partial charge in [0.05, 0.1) is 25.1 Å². The first-order chi connectivity index (χ1) is 7.20. The summed E-state index contributed by atoms with van der Waals surface area (Å²) in [6, 6.07) is 1.93. The van der Waals surface area contributed by atoms with Crippen molar-refractivity contribution in [3.8, 4) is 11.5 Å². The van der Waals surface area contributed by atoms with E-state index in [1.54, 1.807) is 13.3 Å². The lowest BCUT2D eigenvalue weighted by Gasteiger charge is -2.12. The molecule has 1 heterocycles. The van der Waals surface area contributed by atoms with E-state index in [1.807, 2.05) is 6.07 Å². The molecule has 82 valence electrons. The van der Waals surface area contributed by atoms with Crippen molar-refractivity contribution < 1.29 is 9.47 Å². The zero-order valence-corrected chi connectivity index (χ0v) is 9.49. The van der Waals surface area contributed by atoms with Gasteiger partial charge in [0.1, 0.15) is 11.5 Å². The van der Waals surface area contributed by atoms with Crippen molar-refractivity contribution >= 4 is 0 Å². The smallest absolute Gasteiger partial charge is 0.144 e. The van der Waals surface area contributed by atoms with Gasteiger partial charge >= 0.3 is 0 Å². The Morgan fingerprint density at radius 3 is 2.67 bits per heavy atom. The van der Waals surface area contributed by atoms with Crippen LogP contribution < -0.4 is 9.47 Å². The molecule has 1 aliphatic carbocycles. The minimum atomic E-state index is 0.370. The molecule has 0 atom stereocenters. The summed E-state index contributed by atoms with van der Waals surface area (Å²) in [7, 11) is 1.67. The molecule has 1 aromatic heterocycles. The molecular formula is C12H17NO2. The van der Waals surface area contributed by atoms with Gasteiger partial charge in [-0.2, -0.15) is 0 Å². The maximum atomic E-state index is 5.66. The molecule has 0 bridgehead atoms. The number of aromatic nitrogens is 1. The fraction of sp³-hybridized carbons (Fsp3) is 0.583.